The van der Waals surface area contributed by atoms with Gasteiger partial charge in [0.2, 0.25) is 0 Å². The van der Waals surface area contributed by atoms with Crippen LogP contribution in [-0.4, -0.2) is 15.0 Å². The van der Waals surface area contributed by atoms with Crippen LogP contribution < -0.4 is 0 Å². The molecule has 0 saturated heterocycles. The summed E-state index contributed by atoms with van der Waals surface area (Å²) in [5, 5.41) is 5.80. The Hall–Kier alpha value is -7.75. The molecule has 0 radical (unpaired) electrons. The van der Waals surface area contributed by atoms with Gasteiger partial charge in [0.25, 0.3) is 0 Å². The Bertz CT molecular complexity index is 3530. The molecular formula is C58H39N3. The van der Waals surface area contributed by atoms with Crippen LogP contribution in [0.1, 0.15) is 25.0 Å². The molecule has 0 aliphatic heterocycles. The summed E-state index contributed by atoms with van der Waals surface area (Å²) in [6.07, 6.45) is 0. The maximum absolute atomic E-state index is 5.40. The number of rotatable bonds is 5. The zero-order chi connectivity index (χ0) is 40.7. The first-order chi connectivity index (χ1) is 30.0. The standard InChI is InChI=1S/C58H39N3/c1-58(2)48-23-12-11-22-46(48)56-54(58)52(53-44-21-10-9-14-37(44)28-32-51(53)61-56)40-26-24-36(25-27-40)41-19-13-20-42(34-41)47-35-43-29-31-49(38-15-5-3-6-16-38)59-55(43)57-45(47)30-33-50(60-57)39-17-7-4-8-18-39/h3-35H,1-2H3. The van der Waals surface area contributed by atoms with Gasteiger partial charge in [-0.25, -0.2) is 15.0 Å². The number of hydrogen-bond acceptors (Lipinski definition) is 3. The molecule has 12 rings (SSSR count). The van der Waals surface area contributed by atoms with Gasteiger partial charge in [0.1, 0.15) is 0 Å². The van der Waals surface area contributed by atoms with Crippen molar-refractivity contribution >= 4 is 43.5 Å². The van der Waals surface area contributed by atoms with Crippen molar-refractivity contribution in [2.75, 3.05) is 0 Å². The van der Waals surface area contributed by atoms with Gasteiger partial charge < -0.3 is 0 Å². The molecule has 8 aromatic carbocycles. The lowest BCUT2D eigenvalue weighted by Gasteiger charge is -2.25. The van der Waals surface area contributed by atoms with Crippen molar-refractivity contribution in [3.05, 3.63) is 211 Å². The smallest absolute Gasteiger partial charge is 0.0978 e. The molecule has 3 heteroatoms. The SMILES string of the molecule is CC1(C)c2ccccc2-c2nc3ccc4ccccc4c3c(-c3ccc(-c4cccc(-c5cc6ccc(-c7ccccc7)nc6c6nc(-c7ccccc7)ccc56)c4)cc3)c21. The molecule has 1 aliphatic rings. The van der Waals surface area contributed by atoms with E-state index in [4.69, 9.17) is 15.0 Å². The molecule has 0 amide bonds. The molecule has 0 fully saturated rings. The van der Waals surface area contributed by atoms with Gasteiger partial charge in [0.05, 0.1) is 33.6 Å². The Morgan fingerprint density at radius 3 is 1.79 bits per heavy atom. The molecule has 3 heterocycles. The fourth-order valence-electron chi connectivity index (χ4n) is 9.84. The van der Waals surface area contributed by atoms with Crippen molar-refractivity contribution in [3.63, 3.8) is 0 Å². The van der Waals surface area contributed by atoms with Gasteiger partial charge >= 0.3 is 0 Å². The van der Waals surface area contributed by atoms with Gasteiger partial charge in [-0.3, -0.25) is 0 Å². The van der Waals surface area contributed by atoms with Crippen molar-refractivity contribution in [1.82, 2.24) is 15.0 Å². The monoisotopic (exact) mass is 777 g/mol. The summed E-state index contributed by atoms with van der Waals surface area (Å²) in [6.45, 7) is 4.71. The molecular weight excluding hydrogens is 739 g/mol. The van der Waals surface area contributed by atoms with Crippen LogP contribution in [0.25, 0.3) is 111 Å². The van der Waals surface area contributed by atoms with Crippen LogP contribution in [0.15, 0.2) is 200 Å². The number of hydrogen-bond donors (Lipinski definition) is 0. The Labute approximate surface area is 354 Å². The van der Waals surface area contributed by atoms with E-state index in [0.717, 1.165) is 77.8 Å². The second-order valence-corrected chi connectivity index (χ2v) is 16.7. The van der Waals surface area contributed by atoms with E-state index in [2.05, 4.69) is 202 Å². The topological polar surface area (TPSA) is 38.7 Å². The third kappa shape index (κ3) is 5.62. The second-order valence-electron chi connectivity index (χ2n) is 16.7. The lowest BCUT2D eigenvalue weighted by Crippen LogP contribution is -2.16. The Morgan fingerprint density at radius 1 is 0.377 bits per heavy atom. The van der Waals surface area contributed by atoms with Crippen molar-refractivity contribution in [2.45, 2.75) is 19.3 Å². The largest absolute Gasteiger partial charge is 0.247 e. The Morgan fingerprint density at radius 2 is 1.00 bits per heavy atom. The molecule has 3 nitrogen and oxygen atoms in total. The summed E-state index contributed by atoms with van der Waals surface area (Å²) >= 11 is 0. The van der Waals surface area contributed by atoms with E-state index in [0.29, 0.717) is 0 Å². The van der Waals surface area contributed by atoms with Crippen LogP contribution in [0, 0.1) is 0 Å². The molecule has 0 bridgehead atoms. The summed E-state index contributed by atoms with van der Waals surface area (Å²) in [4.78, 5) is 16.0. The highest BCUT2D eigenvalue weighted by molar-refractivity contribution is 6.16. The maximum Gasteiger partial charge on any atom is 0.0978 e. The quantitative estimate of drug-likeness (QED) is 0.163. The Kier molecular flexibility index (Phi) is 7.88. The van der Waals surface area contributed by atoms with Gasteiger partial charge in [-0.05, 0) is 91.7 Å². The molecule has 0 spiro atoms. The summed E-state index contributed by atoms with van der Waals surface area (Å²) in [5.74, 6) is 0. The van der Waals surface area contributed by atoms with Crippen LogP contribution in [0.2, 0.25) is 0 Å². The average Bonchev–Trinajstić information content (AvgIpc) is 3.56. The highest BCUT2D eigenvalue weighted by Gasteiger charge is 2.39. The van der Waals surface area contributed by atoms with E-state index in [1.807, 2.05) is 12.1 Å². The van der Waals surface area contributed by atoms with E-state index >= 15 is 0 Å². The van der Waals surface area contributed by atoms with Crippen molar-refractivity contribution < 1.29 is 0 Å². The number of aromatic nitrogens is 3. The zero-order valence-corrected chi connectivity index (χ0v) is 33.9. The minimum absolute atomic E-state index is 0.218. The average molecular weight is 778 g/mol. The normalized spacial score (nSPS) is 12.9. The van der Waals surface area contributed by atoms with Crippen LogP contribution in [-0.2, 0) is 5.41 Å². The van der Waals surface area contributed by atoms with E-state index in [9.17, 15) is 0 Å². The van der Waals surface area contributed by atoms with Gasteiger partial charge in [-0.2, -0.15) is 0 Å². The number of fused-ring (bicyclic) bond motifs is 9. The van der Waals surface area contributed by atoms with Crippen molar-refractivity contribution in [3.8, 4) is 67.2 Å². The van der Waals surface area contributed by atoms with Crippen LogP contribution >= 0.6 is 0 Å². The van der Waals surface area contributed by atoms with E-state index in [1.54, 1.807) is 0 Å². The summed E-state index contributed by atoms with van der Waals surface area (Å²) < 4.78 is 0. The minimum atomic E-state index is -0.218. The molecule has 1 aliphatic carbocycles. The number of nitrogens with zero attached hydrogens (tertiary/aromatic N) is 3. The first kappa shape index (κ1) is 35.2. The molecule has 3 aromatic heterocycles. The van der Waals surface area contributed by atoms with E-state index in [-0.39, 0.29) is 5.41 Å². The third-order valence-electron chi connectivity index (χ3n) is 12.8. The predicted molar refractivity (Wildman–Crippen MR) is 255 cm³/mol. The van der Waals surface area contributed by atoms with Crippen LogP contribution in [0.4, 0.5) is 0 Å². The predicted octanol–water partition coefficient (Wildman–Crippen LogP) is 15.1. The molecule has 0 unspecified atom stereocenters. The molecule has 0 saturated carbocycles. The minimum Gasteiger partial charge on any atom is -0.247 e. The first-order valence-electron chi connectivity index (χ1n) is 21.0. The molecule has 61 heavy (non-hydrogen) atoms. The highest BCUT2D eigenvalue weighted by Crippen LogP contribution is 2.54. The van der Waals surface area contributed by atoms with Gasteiger partial charge in [-0.15, -0.1) is 0 Å². The second kappa shape index (κ2) is 13.7. The molecule has 0 N–H and O–H groups in total. The number of benzene rings is 8. The summed E-state index contributed by atoms with van der Waals surface area (Å²) in [5.41, 5.74) is 18.6. The molecule has 0 atom stereocenters. The summed E-state index contributed by atoms with van der Waals surface area (Å²) in [7, 11) is 0. The fourth-order valence-corrected chi connectivity index (χ4v) is 9.84. The Balaban J connectivity index is 1.00. The van der Waals surface area contributed by atoms with E-state index < -0.39 is 0 Å². The lowest BCUT2D eigenvalue weighted by atomic mass is 9.78. The van der Waals surface area contributed by atoms with E-state index in [1.165, 1.54) is 44.0 Å². The van der Waals surface area contributed by atoms with Gasteiger partial charge in [0, 0.05) is 38.3 Å². The van der Waals surface area contributed by atoms with Gasteiger partial charge in [0.15, 0.2) is 0 Å². The fraction of sp³-hybridized carbons (Fsp3) is 0.0517. The van der Waals surface area contributed by atoms with Crippen molar-refractivity contribution in [2.24, 2.45) is 0 Å². The zero-order valence-electron chi connectivity index (χ0n) is 33.9. The first-order valence-corrected chi connectivity index (χ1v) is 21.0. The molecule has 286 valence electrons. The third-order valence-corrected chi connectivity index (χ3v) is 12.8. The van der Waals surface area contributed by atoms with Gasteiger partial charge in [-0.1, -0.05) is 178 Å². The van der Waals surface area contributed by atoms with Crippen LogP contribution in [0.3, 0.4) is 0 Å². The highest BCUT2D eigenvalue weighted by atomic mass is 14.8. The maximum atomic E-state index is 5.40. The van der Waals surface area contributed by atoms with Crippen molar-refractivity contribution in [1.29, 1.82) is 0 Å². The number of pyridine rings is 3. The summed E-state index contributed by atoms with van der Waals surface area (Å²) in [6, 6.07) is 71.8. The lowest BCUT2D eigenvalue weighted by molar-refractivity contribution is 0.662. The molecule has 11 aromatic rings. The van der Waals surface area contributed by atoms with Crippen LogP contribution in [0.5, 0.6) is 0 Å².